The fourth-order valence-electron chi connectivity index (χ4n) is 1.87. The van der Waals surface area contributed by atoms with E-state index in [1.54, 1.807) is 24.4 Å². The Bertz CT molecular complexity index is 771. The maximum absolute atomic E-state index is 13.5. The molecule has 0 radical (unpaired) electrons. The topological polar surface area (TPSA) is 40.7 Å². The predicted octanol–water partition coefficient (Wildman–Crippen LogP) is 3.86. The summed E-state index contributed by atoms with van der Waals surface area (Å²) in [4.78, 5) is 5.43. The van der Waals surface area contributed by atoms with E-state index in [2.05, 4.69) is 15.3 Å². The highest BCUT2D eigenvalue weighted by atomic mass is 19.2. The van der Waals surface area contributed by atoms with Gasteiger partial charge in [-0.3, -0.25) is 0 Å². The van der Waals surface area contributed by atoms with E-state index in [0.717, 1.165) is 10.9 Å². The summed E-state index contributed by atoms with van der Waals surface area (Å²) in [6.07, 6.45) is 1.70. The van der Waals surface area contributed by atoms with Crippen molar-refractivity contribution in [2.24, 2.45) is 0 Å². The van der Waals surface area contributed by atoms with Crippen molar-refractivity contribution in [3.05, 3.63) is 54.0 Å². The molecule has 7 heteroatoms. The van der Waals surface area contributed by atoms with Crippen molar-refractivity contribution in [1.29, 1.82) is 0 Å². The first-order valence-corrected chi connectivity index (χ1v) is 5.60. The van der Waals surface area contributed by atoms with Crippen LogP contribution in [0.3, 0.4) is 0 Å². The van der Waals surface area contributed by atoms with Crippen molar-refractivity contribution in [2.75, 3.05) is 5.32 Å². The molecule has 0 bridgehead atoms. The summed E-state index contributed by atoms with van der Waals surface area (Å²) in [7, 11) is 0. The predicted molar refractivity (Wildman–Crippen MR) is 65.7 cm³/mol. The van der Waals surface area contributed by atoms with Crippen LogP contribution in [0.1, 0.15) is 0 Å². The Morgan fingerprint density at radius 3 is 2.35 bits per heavy atom. The van der Waals surface area contributed by atoms with Crippen LogP contribution in [0, 0.1) is 23.5 Å². The minimum absolute atomic E-state index is 0.292. The molecule has 2 aromatic heterocycles. The monoisotopic (exact) mass is 281 g/mol. The molecule has 1 aromatic carbocycles. The molecule has 2 N–H and O–H groups in total. The van der Waals surface area contributed by atoms with E-state index in [0.29, 0.717) is 5.69 Å². The standard InChI is InChI=1S/C13H7F4N3/c14-9-11(10(15)13(17)20-12(9)16)19-7-1-2-8-6(5-7)3-4-18-8/h1-5,18H,(H,19,20). The van der Waals surface area contributed by atoms with Gasteiger partial charge in [0.25, 0.3) is 11.9 Å². The molecule has 0 amide bonds. The third-order valence-corrected chi connectivity index (χ3v) is 2.82. The Hall–Kier alpha value is -2.57. The van der Waals surface area contributed by atoms with Crippen LogP contribution in [0.15, 0.2) is 30.5 Å². The summed E-state index contributed by atoms with van der Waals surface area (Å²) >= 11 is 0. The number of halogens is 4. The van der Waals surface area contributed by atoms with E-state index in [-0.39, 0.29) is 0 Å². The van der Waals surface area contributed by atoms with Gasteiger partial charge in [0.2, 0.25) is 11.6 Å². The fourth-order valence-corrected chi connectivity index (χ4v) is 1.87. The molecular weight excluding hydrogens is 274 g/mol. The Labute approximate surface area is 110 Å². The number of aromatic nitrogens is 2. The van der Waals surface area contributed by atoms with E-state index >= 15 is 0 Å². The van der Waals surface area contributed by atoms with Gasteiger partial charge in [-0.2, -0.15) is 22.5 Å². The highest BCUT2D eigenvalue weighted by molar-refractivity contribution is 5.84. The summed E-state index contributed by atoms with van der Waals surface area (Å²) in [6, 6.07) is 6.53. The lowest BCUT2D eigenvalue weighted by molar-refractivity contribution is 0.411. The largest absolute Gasteiger partial charge is 0.361 e. The van der Waals surface area contributed by atoms with E-state index in [1.807, 2.05) is 0 Å². The molecule has 0 saturated carbocycles. The summed E-state index contributed by atoms with van der Waals surface area (Å²) in [5.41, 5.74) is 0.202. The molecule has 0 unspecified atom stereocenters. The number of fused-ring (bicyclic) bond motifs is 1. The Kier molecular flexibility index (Phi) is 2.81. The SMILES string of the molecule is Fc1nc(F)c(F)c(Nc2ccc3[nH]ccc3c2)c1F. The first kappa shape index (κ1) is 12.5. The van der Waals surface area contributed by atoms with Crippen LogP contribution in [0.25, 0.3) is 10.9 Å². The Morgan fingerprint density at radius 1 is 0.950 bits per heavy atom. The van der Waals surface area contributed by atoms with Gasteiger partial charge in [-0.05, 0) is 24.3 Å². The maximum Gasteiger partial charge on any atom is 0.253 e. The van der Waals surface area contributed by atoms with Crippen molar-refractivity contribution in [3.63, 3.8) is 0 Å². The van der Waals surface area contributed by atoms with Crippen LogP contribution in [0.4, 0.5) is 28.9 Å². The van der Waals surface area contributed by atoms with Gasteiger partial charge in [-0.15, -0.1) is 0 Å². The minimum atomic E-state index is -1.70. The van der Waals surface area contributed by atoms with Gasteiger partial charge >= 0.3 is 0 Å². The molecule has 0 aliphatic heterocycles. The number of pyridine rings is 1. The zero-order chi connectivity index (χ0) is 14.3. The van der Waals surface area contributed by atoms with Crippen molar-refractivity contribution in [3.8, 4) is 0 Å². The lowest BCUT2D eigenvalue weighted by Gasteiger charge is -2.09. The number of aromatic amines is 1. The van der Waals surface area contributed by atoms with Gasteiger partial charge in [0.15, 0.2) is 0 Å². The third kappa shape index (κ3) is 1.97. The van der Waals surface area contributed by atoms with Crippen molar-refractivity contribution < 1.29 is 17.6 Å². The highest BCUT2D eigenvalue weighted by Gasteiger charge is 2.20. The quantitative estimate of drug-likeness (QED) is 0.553. The molecule has 3 nitrogen and oxygen atoms in total. The second-order valence-corrected chi connectivity index (χ2v) is 4.10. The zero-order valence-electron chi connectivity index (χ0n) is 9.85. The number of hydrogen-bond acceptors (Lipinski definition) is 2. The highest BCUT2D eigenvalue weighted by Crippen LogP contribution is 2.27. The van der Waals surface area contributed by atoms with Crippen LogP contribution < -0.4 is 5.32 Å². The molecule has 0 aliphatic rings. The first-order chi connectivity index (χ1) is 9.56. The van der Waals surface area contributed by atoms with Gasteiger partial charge < -0.3 is 10.3 Å². The number of nitrogens with one attached hydrogen (secondary N) is 2. The van der Waals surface area contributed by atoms with Gasteiger partial charge in [-0.1, -0.05) is 0 Å². The second-order valence-electron chi connectivity index (χ2n) is 4.10. The number of nitrogens with zero attached hydrogens (tertiary/aromatic N) is 1. The van der Waals surface area contributed by atoms with E-state index in [4.69, 9.17) is 0 Å². The third-order valence-electron chi connectivity index (χ3n) is 2.82. The van der Waals surface area contributed by atoms with Crippen LogP contribution in [0.5, 0.6) is 0 Å². The second kappa shape index (κ2) is 4.52. The van der Waals surface area contributed by atoms with Crippen molar-refractivity contribution in [1.82, 2.24) is 9.97 Å². The number of benzene rings is 1. The van der Waals surface area contributed by atoms with Crippen LogP contribution in [-0.4, -0.2) is 9.97 Å². The molecule has 2 heterocycles. The average Bonchev–Trinajstić information content (AvgIpc) is 2.89. The van der Waals surface area contributed by atoms with Gasteiger partial charge in [-0.25, -0.2) is 0 Å². The van der Waals surface area contributed by atoms with Gasteiger partial charge in [0.1, 0.15) is 5.69 Å². The molecule has 3 rings (SSSR count). The van der Waals surface area contributed by atoms with Crippen LogP contribution in [0.2, 0.25) is 0 Å². The summed E-state index contributed by atoms with van der Waals surface area (Å²) < 4.78 is 52.9. The molecule has 0 fully saturated rings. The fraction of sp³-hybridized carbons (Fsp3) is 0. The Morgan fingerprint density at radius 2 is 1.65 bits per heavy atom. The molecule has 3 aromatic rings. The summed E-state index contributed by atoms with van der Waals surface area (Å²) in [5, 5.41) is 3.10. The van der Waals surface area contributed by atoms with Crippen LogP contribution >= 0.6 is 0 Å². The number of H-pyrrole nitrogens is 1. The van der Waals surface area contributed by atoms with E-state index in [9.17, 15) is 17.6 Å². The van der Waals surface area contributed by atoms with Crippen molar-refractivity contribution >= 4 is 22.3 Å². The molecule has 0 saturated heterocycles. The minimum Gasteiger partial charge on any atom is -0.361 e. The first-order valence-electron chi connectivity index (χ1n) is 5.60. The molecular formula is C13H7F4N3. The molecule has 20 heavy (non-hydrogen) atoms. The smallest absolute Gasteiger partial charge is 0.253 e. The van der Waals surface area contributed by atoms with Crippen LogP contribution in [-0.2, 0) is 0 Å². The number of rotatable bonds is 2. The van der Waals surface area contributed by atoms with Crippen molar-refractivity contribution in [2.45, 2.75) is 0 Å². The summed E-state index contributed by atoms with van der Waals surface area (Å²) in [6.45, 7) is 0. The Balaban J connectivity index is 2.06. The molecule has 0 aliphatic carbocycles. The molecule has 0 spiro atoms. The number of anilines is 2. The van der Waals surface area contributed by atoms with Gasteiger partial charge in [0, 0.05) is 22.8 Å². The lowest BCUT2D eigenvalue weighted by Crippen LogP contribution is -2.05. The van der Waals surface area contributed by atoms with E-state index in [1.165, 1.54) is 6.07 Å². The molecule has 102 valence electrons. The van der Waals surface area contributed by atoms with E-state index < -0.39 is 29.2 Å². The number of hydrogen-bond donors (Lipinski definition) is 2. The lowest BCUT2D eigenvalue weighted by atomic mass is 10.2. The van der Waals surface area contributed by atoms with Gasteiger partial charge in [0.05, 0.1) is 0 Å². The normalized spacial score (nSPS) is 11.0. The molecule has 0 atom stereocenters. The average molecular weight is 281 g/mol. The zero-order valence-corrected chi connectivity index (χ0v) is 9.85. The summed E-state index contributed by atoms with van der Waals surface area (Å²) in [5.74, 6) is -6.54. The maximum atomic E-state index is 13.5.